The van der Waals surface area contributed by atoms with Gasteiger partial charge in [0.05, 0.1) is 10.4 Å². The van der Waals surface area contributed by atoms with Crippen molar-refractivity contribution >= 4 is 22.9 Å². The van der Waals surface area contributed by atoms with Crippen molar-refractivity contribution < 1.29 is 5.11 Å². The van der Waals surface area contributed by atoms with Crippen LogP contribution in [0.5, 0.6) is 0 Å². The predicted molar refractivity (Wildman–Crippen MR) is 70.3 cm³/mol. The highest BCUT2D eigenvalue weighted by atomic mass is 35.5. The molecule has 0 aliphatic heterocycles. The second-order valence-corrected chi connectivity index (χ2v) is 5.43. The lowest BCUT2D eigenvalue weighted by molar-refractivity contribution is 0.149. The Labute approximate surface area is 109 Å². The monoisotopic (exact) mass is 268 g/mol. The van der Waals surface area contributed by atoms with E-state index in [1.54, 1.807) is 12.3 Å². The molecule has 17 heavy (non-hydrogen) atoms. The lowest BCUT2D eigenvalue weighted by Crippen LogP contribution is -2.20. The fraction of sp³-hybridized carbons (Fsp3) is 0.250. The van der Waals surface area contributed by atoms with Crippen LogP contribution in [-0.4, -0.2) is 16.6 Å². The van der Waals surface area contributed by atoms with Gasteiger partial charge in [0.1, 0.15) is 0 Å². The number of thiophene rings is 1. The molecule has 90 valence electrons. The van der Waals surface area contributed by atoms with Gasteiger partial charge in [-0.05, 0) is 24.3 Å². The van der Waals surface area contributed by atoms with E-state index in [9.17, 15) is 5.11 Å². The maximum atomic E-state index is 10.3. The first-order valence-corrected chi connectivity index (χ1v) is 6.46. The number of halogens is 1. The highest BCUT2D eigenvalue weighted by molar-refractivity contribution is 7.16. The van der Waals surface area contributed by atoms with Crippen LogP contribution in [0.25, 0.3) is 0 Å². The smallest absolute Gasteiger partial charge is 0.0978 e. The normalized spacial score (nSPS) is 14.5. The molecule has 0 fully saturated rings. The van der Waals surface area contributed by atoms with Gasteiger partial charge in [0, 0.05) is 29.2 Å². The van der Waals surface area contributed by atoms with Gasteiger partial charge >= 0.3 is 0 Å². The van der Waals surface area contributed by atoms with Crippen molar-refractivity contribution in [3.63, 3.8) is 0 Å². The molecule has 2 rings (SSSR count). The number of nitrogens with two attached hydrogens (primary N) is 1. The fourth-order valence-corrected chi connectivity index (χ4v) is 2.80. The Hall–Kier alpha value is -0.940. The van der Waals surface area contributed by atoms with Crippen molar-refractivity contribution in [2.24, 2.45) is 5.73 Å². The number of pyridine rings is 1. The Morgan fingerprint density at radius 3 is 2.71 bits per heavy atom. The molecule has 0 saturated carbocycles. The summed E-state index contributed by atoms with van der Waals surface area (Å²) in [5, 5.41) is 10.3. The van der Waals surface area contributed by atoms with Crippen LogP contribution in [0.4, 0.5) is 0 Å². The molecule has 0 saturated heterocycles. The van der Waals surface area contributed by atoms with Crippen LogP contribution in [0.3, 0.4) is 0 Å². The van der Waals surface area contributed by atoms with Crippen molar-refractivity contribution in [3.05, 3.63) is 51.4 Å². The molecule has 3 N–H and O–H groups in total. The minimum Gasteiger partial charge on any atom is -0.387 e. The summed E-state index contributed by atoms with van der Waals surface area (Å²) in [7, 11) is 0. The molecule has 2 unspecified atom stereocenters. The predicted octanol–water partition coefficient (Wildman–Crippen LogP) is 2.57. The van der Waals surface area contributed by atoms with Crippen molar-refractivity contribution in [3.8, 4) is 0 Å². The molecule has 2 atom stereocenters. The van der Waals surface area contributed by atoms with Crippen LogP contribution in [0.15, 0.2) is 36.5 Å². The summed E-state index contributed by atoms with van der Waals surface area (Å²) < 4.78 is 0.663. The van der Waals surface area contributed by atoms with Gasteiger partial charge < -0.3 is 10.8 Å². The van der Waals surface area contributed by atoms with Gasteiger partial charge in [-0.2, -0.15) is 0 Å². The third-order valence-corrected chi connectivity index (χ3v) is 3.89. The Morgan fingerprint density at radius 1 is 1.35 bits per heavy atom. The van der Waals surface area contributed by atoms with E-state index < -0.39 is 6.10 Å². The van der Waals surface area contributed by atoms with Gasteiger partial charge in [-0.25, -0.2) is 0 Å². The van der Waals surface area contributed by atoms with E-state index in [1.807, 2.05) is 24.3 Å². The molecule has 0 amide bonds. The third-order valence-electron chi connectivity index (χ3n) is 2.59. The van der Waals surface area contributed by atoms with Crippen molar-refractivity contribution in [1.82, 2.24) is 4.98 Å². The zero-order valence-corrected chi connectivity index (χ0v) is 10.7. The van der Waals surface area contributed by atoms with Gasteiger partial charge in [-0.15, -0.1) is 11.3 Å². The lowest BCUT2D eigenvalue weighted by Gasteiger charge is -2.19. The molecule has 2 heterocycles. The second kappa shape index (κ2) is 5.60. The average molecular weight is 269 g/mol. The molecule has 0 bridgehead atoms. The summed E-state index contributed by atoms with van der Waals surface area (Å²) in [6.07, 6.45) is 1.04. The van der Waals surface area contributed by atoms with Crippen LogP contribution < -0.4 is 5.73 Å². The minimum atomic E-state index is -0.660. The Morgan fingerprint density at radius 2 is 2.18 bits per heavy atom. The fourth-order valence-electron chi connectivity index (χ4n) is 1.69. The van der Waals surface area contributed by atoms with Gasteiger partial charge in [-0.3, -0.25) is 4.98 Å². The number of aliphatic hydroxyl groups is 1. The molecule has 5 heteroatoms. The highest BCUT2D eigenvalue weighted by Crippen LogP contribution is 2.34. The average Bonchev–Trinajstić information content (AvgIpc) is 2.78. The molecule has 0 aliphatic rings. The van der Waals surface area contributed by atoms with Crippen LogP contribution in [-0.2, 0) is 0 Å². The number of rotatable bonds is 4. The molecular formula is C12H13ClN2OS. The minimum absolute atomic E-state index is 0.203. The largest absolute Gasteiger partial charge is 0.387 e. The number of nitrogens with zero attached hydrogens (tertiary/aromatic N) is 1. The van der Waals surface area contributed by atoms with Crippen LogP contribution in [0.2, 0.25) is 4.34 Å². The van der Waals surface area contributed by atoms with Gasteiger partial charge in [-0.1, -0.05) is 17.7 Å². The third kappa shape index (κ3) is 2.84. The first-order chi connectivity index (χ1) is 8.22. The summed E-state index contributed by atoms with van der Waals surface area (Å²) >= 11 is 7.23. The van der Waals surface area contributed by atoms with Crippen molar-refractivity contribution in [2.45, 2.75) is 12.0 Å². The molecule has 2 aromatic rings. The number of aliphatic hydroxyl groups excluding tert-OH is 1. The van der Waals surface area contributed by atoms with Crippen LogP contribution in [0, 0.1) is 0 Å². The van der Waals surface area contributed by atoms with E-state index in [0.29, 0.717) is 10.9 Å². The van der Waals surface area contributed by atoms with Crippen molar-refractivity contribution in [2.75, 3.05) is 6.54 Å². The first-order valence-electron chi connectivity index (χ1n) is 5.26. The Kier molecular flexibility index (Phi) is 4.12. The van der Waals surface area contributed by atoms with Crippen molar-refractivity contribution in [1.29, 1.82) is 0 Å². The zero-order valence-electron chi connectivity index (χ0n) is 9.08. The summed E-state index contributed by atoms with van der Waals surface area (Å²) in [4.78, 5) is 5.05. The molecule has 0 aromatic carbocycles. The van der Waals surface area contributed by atoms with E-state index in [1.165, 1.54) is 11.3 Å². The number of hydrogen-bond acceptors (Lipinski definition) is 4. The van der Waals surface area contributed by atoms with E-state index in [-0.39, 0.29) is 5.92 Å². The molecule has 0 aliphatic carbocycles. The van der Waals surface area contributed by atoms with E-state index in [0.717, 1.165) is 10.6 Å². The molecule has 3 nitrogen and oxygen atoms in total. The number of hydrogen-bond donors (Lipinski definition) is 2. The maximum absolute atomic E-state index is 10.3. The van der Waals surface area contributed by atoms with E-state index in [2.05, 4.69) is 4.98 Å². The first kappa shape index (κ1) is 12.5. The maximum Gasteiger partial charge on any atom is 0.0978 e. The summed E-state index contributed by atoms with van der Waals surface area (Å²) in [6.45, 7) is 0.341. The topological polar surface area (TPSA) is 59.1 Å². The molecule has 0 radical (unpaired) electrons. The van der Waals surface area contributed by atoms with E-state index in [4.69, 9.17) is 17.3 Å². The van der Waals surface area contributed by atoms with Gasteiger partial charge in [0.25, 0.3) is 0 Å². The standard InChI is InChI=1S/C12H13ClN2OS/c13-11-5-4-10(17-11)12(16)8(7-14)9-3-1-2-6-15-9/h1-6,8,12,16H,7,14H2. The van der Waals surface area contributed by atoms with Gasteiger partial charge in [0.15, 0.2) is 0 Å². The van der Waals surface area contributed by atoms with Crippen LogP contribution >= 0.6 is 22.9 Å². The Balaban J connectivity index is 2.25. The van der Waals surface area contributed by atoms with Gasteiger partial charge in [0.2, 0.25) is 0 Å². The summed E-state index contributed by atoms with van der Waals surface area (Å²) in [5.74, 6) is -0.203. The highest BCUT2D eigenvalue weighted by Gasteiger charge is 2.23. The van der Waals surface area contributed by atoms with Crippen LogP contribution in [0.1, 0.15) is 22.6 Å². The Bertz CT molecular complexity index is 474. The van der Waals surface area contributed by atoms with E-state index >= 15 is 0 Å². The SMILES string of the molecule is NCC(c1ccccn1)C(O)c1ccc(Cl)s1. The second-order valence-electron chi connectivity index (χ2n) is 3.68. The quantitative estimate of drug-likeness (QED) is 0.896. The number of aromatic nitrogens is 1. The lowest BCUT2D eigenvalue weighted by atomic mass is 9.97. The molecule has 0 spiro atoms. The molecular weight excluding hydrogens is 256 g/mol. The summed E-state index contributed by atoms with van der Waals surface area (Å²) in [5.41, 5.74) is 6.52. The molecule has 2 aromatic heterocycles. The summed E-state index contributed by atoms with van der Waals surface area (Å²) in [6, 6.07) is 9.20. The zero-order chi connectivity index (χ0) is 12.3.